The first-order valence-corrected chi connectivity index (χ1v) is 19.3. The van der Waals surface area contributed by atoms with E-state index in [0.717, 1.165) is 51.4 Å². The SMILES string of the molecule is CCCCCCCCCCCCCCCC(=O)N[C@@H]1CCCC[C@H]1NC(=O)CCCCCCCCCCCCCCC. The van der Waals surface area contributed by atoms with Crippen LogP contribution in [0.2, 0.25) is 0 Å². The molecule has 0 unspecified atom stereocenters. The van der Waals surface area contributed by atoms with Gasteiger partial charge < -0.3 is 10.6 Å². The second-order valence-electron chi connectivity index (χ2n) is 13.6. The van der Waals surface area contributed by atoms with Gasteiger partial charge in [0.15, 0.2) is 0 Å². The lowest BCUT2D eigenvalue weighted by molar-refractivity contribution is -0.125. The lowest BCUT2D eigenvalue weighted by atomic mass is 9.90. The topological polar surface area (TPSA) is 58.2 Å². The molecule has 1 rings (SSSR count). The highest BCUT2D eigenvalue weighted by Crippen LogP contribution is 2.20. The summed E-state index contributed by atoms with van der Waals surface area (Å²) >= 11 is 0. The molecule has 248 valence electrons. The fourth-order valence-electron chi connectivity index (χ4n) is 6.64. The molecule has 1 fully saturated rings. The van der Waals surface area contributed by atoms with Crippen molar-refractivity contribution in [2.75, 3.05) is 0 Å². The van der Waals surface area contributed by atoms with Crippen LogP contribution in [0.4, 0.5) is 0 Å². The first-order valence-electron chi connectivity index (χ1n) is 19.3. The highest BCUT2D eigenvalue weighted by atomic mass is 16.2. The smallest absolute Gasteiger partial charge is 0.220 e. The molecule has 4 nitrogen and oxygen atoms in total. The average molecular weight is 591 g/mol. The minimum atomic E-state index is 0.115. The molecule has 42 heavy (non-hydrogen) atoms. The Bertz CT molecular complexity index is 556. The Hall–Kier alpha value is -1.06. The van der Waals surface area contributed by atoms with Crippen LogP contribution in [0.5, 0.6) is 0 Å². The number of hydrogen-bond donors (Lipinski definition) is 2. The van der Waals surface area contributed by atoms with Gasteiger partial charge in [0, 0.05) is 24.9 Å². The Morgan fingerprint density at radius 3 is 0.905 bits per heavy atom. The molecule has 0 aromatic heterocycles. The minimum absolute atomic E-state index is 0.115. The summed E-state index contributed by atoms with van der Waals surface area (Å²) in [6, 6.07) is 0.229. The van der Waals surface area contributed by atoms with Crippen molar-refractivity contribution in [2.24, 2.45) is 0 Å². The van der Waals surface area contributed by atoms with Crippen LogP contribution < -0.4 is 10.6 Å². The molecule has 0 heterocycles. The standard InChI is InChI=1S/C38H74N2O2/c1-3-5-7-9-11-13-15-17-19-21-23-25-27-33-37(41)39-35-31-29-30-32-36(35)40-38(42)34-28-26-24-22-20-18-16-14-12-10-8-6-4-2/h35-36H,3-34H2,1-2H3,(H,39,41)(H,40,42)/t35-,36-/m1/s1. The highest BCUT2D eigenvalue weighted by Gasteiger charge is 2.27. The minimum Gasteiger partial charge on any atom is -0.351 e. The number of carbonyl (C=O) groups is 2. The lowest BCUT2D eigenvalue weighted by Crippen LogP contribution is -2.53. The van der Waals surface area contributed by atoms with Crippen LogP contribution in [-0.2, 0) is 9.59 Å². The molecule has 0 spiro atoms. The number of carbonyl (C=O) groups excluding carboxylic acids is 2. The number of amides is 2. The largest absolute Gasteiger partial charge is 0.351 e. The van der Waals surface area contributed by atoms with Gasteiger partial charge in [-0.15, -0.1) is 0 Å². The summed E-state index contributed by atoms with van der Waals surface area (Å²) in [5, 5.41) is 6.56. The molecule has 0 saturated heterocycles. The van der Waals surface area contributed by atoms with Gasteiger partial charge in [-0.1, -0.05) is 181 Å². The fraction of sp³-hybridized carbons (Fsp3) is 0.947. The molecule has 0 aliphatic heterocycles. The zero-order chi connectivity index (χ0) is 30.4. The first kappa shape index (κ1) is 39.0. The van der Waals surface area contributed by atoms with Crippen LogP contribution in [0, 0.1) is 0 Å². The van der Waals surface area contributed by atoms with Crippen LogP contribution in [0.25, 0.3) is 0 Å². The maximum atomic E-state index is 12.6. The van der Waals surface area contributed by atoms with Crippen LogP contribution >= 0.6 is 0 Å². The number of rotatable bonds is 30. The van der Waals surface area contributed by atoms with Gasteiger partial charge in [0.05, 0.1) is 0 Å². The third kappa shape index (κ3) is 24.4. The second-order valence-corrected chi connectivity index (χ2v) is 13.6. The van der Waals surface area contributed by atoms with Gasteiger partial charge in [0.2, 0.25) is 11.8 Å². The maximum Gasteiger partial charge on any atom is 0.220 e. The molecule has 0 aromatic carbocycles. The van der Waals surface area contributed by atoms with Gasteiger partial charge in [0.25, 0.3) is 0 Å². The van der Waals surface area contributed by atoms with Gasteiger partial charge in [-0.3, -0.25) is 9.59 Å². The van der Waals surface area contributed by atoms with Crippen molar-refractivity contribution >= 4 is 11.8 Å². The summed E-state index contributed by atoms with van der Waals surface area (Å²) in [4.78, 5) is 25.3. The third-order valence-corrected chi connectivity index (χ3v) is 9.47. The van der Waals surface area contributed by atoms with E-state index >= 15 is 0 Å². The second kappa shape index (κ2) is 30.0. The third-order valence-electron chi connectivity index (χ3n) is 9.47. The summed E-state index contributed by atoms with van der Waals surface area (Å²) in [6.45, 7) is 4.56. The van der Waals surface area contributed by atoms with Crippen molar-refractivity contribution < 1.29 is 9.59 Å². The Labute approximate surface area is 263 Å². The van der Waals surface area contributed by atoms with Crippen LogP contribution in [0.15, 0.2) is 0 Å². The van der Waals surface area contributed by atoms with E-state index in [4.69, 9.17) is 0 Å². The Morgan fingerprint density at radius 2 is 0.643 bits per heavy atom. The normalized spacial score (nSPS) is 16.9. The number of nitrogens with one attached hydrogen (secondary N) is 2. The van der Waals surface area contributed by atoms with Crippen molar-refractivity contribution in [3.63, 3.8) is 0 Å². The maximum absolute atomic E-state index is 12.6. The summed E-state index contributed by atoms with van der Waals surface area (Å²) in [7, 11) is 0. The molecular weight excluding hydrogens is 516 g/mol. The average Bonchev–Trinajstić information content (AvgIpc) is 2.99. The summed E-state index contributed by atoms with van der Waals surface area (Å²) in [6.07, 6.45) is 40.0. The molecule has 1 aliphatic rings. The first-order chi connectivity index (χ1) is 20.7. The quantitative estimate of drug-likeness (QED) is 0.0817. The molecule has 1 saturated carbocycles. The van der Waals surface area contributed by atoms with E-state index in [1.807, 2.05) is 0 Å². The predicted octanol–water partition coefficient (Wildman–Crippen LogP) is 11.5. The molecule has 4 heteroatoms. The van der Waals surface area contributed by atoms with E-state index in [1.54, 1.807) is 0 Å². The molecular formula is C38H74N2O2. The molecule has 2 amide bonds. The van der Waals surface area contributed by atoms with Crippen molar-refractivity contribution in [1.29, 1.82) is 0 Å². The van der Waals surface area contributed by atoms with Gasteiger partial charge >= 0.3 is 0 Å². The molecule has 2 N–H and O–H groups in total. The number of hydrogen-bond acceptors (Lipinski definition) is 2. The van der Waals surface area contributed by atoms with Gasteiger partial charge in [-0.2, -0.15) is 0 Å². The van der Waals surface area contributed by atoms with E-state index in [0.29, 0.717) is 12.8 Å². The lowest BCUT2D eigenvalue weighted by Gasteiger charge is -2.33. The van der Waals surface area contributed by atoms with Crippen LogP contribution in [0.1, 0.15) is 219 Å². The Balaban J connectivity index is 2.00. The zero-order valence-electron chi connectivity index (χ0n) is 28.6. The van der Waals surface area contributed by atoms with E-state index in [1.165, 1.54) is 141 Å². The summed E-state index contributed by atoms with van der Waals surface area (Å²) in [5.41, 5.74) is 0. The van der Waals surface area contributed by atoms with Gasteiger partial charge in [0.1, 0.15) is 0 Å². The van der Waals surface area contributed by atoms with E-state index < -0.39 is 0 Å². The monoisotopic (exact) mass is 591 g/mol. The molecule has 1 aliphatic carbocycles. The highest BCUT2D eigenvalue weighted by molar-refractivity contribution is 5.77. The fourth-order valence-corrected chi connectivity index (χ4v) is 6.64. The molecule has 0 aromatic rings. The predicted molar refractivity (Wildman–Crippen MR) is 183 cm³/mol. The van der Waals surface area contributed by atoms with Crippen LogP contribution in [0.3, 0.4) is 0 Å². The van der Waals surface area contributed by atoms with Crippen molar-refractivity contribution in [3.8, 4) is 0 Å². The summed E-state index contributed by atoms with van der Waals surface area (Å²) < 4.78 is 0. The molecule has 0 bridgehead atoms. The van der Waals surface area contributed by atoms with E-state index in [-0.39, 0.29) is 23.9 Å². The summed E-state index contributed by atoms with van der Waals surface area (Å²) in [5.74, 6) is 0.362. The zero-order valence-corrected chi connectivity index (χ0v) is 28.6. The van der Waals surface area contributed by atoms with E-state index in [2.05, 4.69) is 24.5 Å². The van der Waals surface area contributed by atoms with Crippen molar-refractivity contribution in [2.45, 2.75) is 231 Å². The van der Waals surface area contributed by atoms with Gasteiger partial charge in [-0.05, 0) is 25.7 Å². The van der Waals surface area contributed by atoms with Crippen molar-refractivity contribution in [1.82, 2.24) is 10.6 Å². The molecule has 0 radical (unpaired) electrons. The van der Waals surface area contributed by atoms with Gasteiger partial charge in [-0.25, -0.2) is 0 Å². The Kier molecular flexibility index (Phi) is 27.8. The van der Waals surface area contributed by atoms with E-state index in [9.17, 15) is 9.59 Å². The Morgan fingerprint density at radius 1 is 0.405 bits per heavy atom. The van der Waals surface area contributed by atoms with Crippen LogP contribution in [-0.4, -0.2) is 23.9 Å². The number of unbranched alkanes of at least 4 members (excludes halogenated alkanes) is 24. The molecule has 2 atom stereocenters. The van der Waals surface area contributed by atoms with Crippen molar-refractivity contribution in [3.05, 3.63) is 0 Å².